The molecule has 1 aromatic rings. The molecule has 1 heterocycles. The Bertz CT molecular complexity index is 873. The monoisotopic (exact) mass is 406 g/mol. The van der Waals surface area contributed by atoms with Crippen molar-refractivity contribution in [2.24, 2.45) is 10.9 Å². The van der Waals surface area contributed by atoms with Crippen molar-refractivity contribution in [1.29, 1.82) is 0 Å². The molecular formula is C19H22N2O8. The van der Waals surface area contributed by atoms with Crippen LogP contribution in [0.4, 0.5) is 5.69 Å². The van der Waals surface area contributed by atoms with Gasteiger partial charge < -0.3 is 18.9 Å². The highest BCUT2D eigenvalue weighted by atomic mass is 16.7. The second kappa shape index (κ2) is 9.39. The number of hydrogen-bond acceptors (Lipinski definition) is 9. The third-order valence-corrected chi connectivity index (χ3v) is 4.65. The number of benzene rings is 1. The highest BCUT2D eigenvalue weighted by Crippen LogP contribution is 2.44. The minimum absolute atomic E-state index is 0.0719. The van der Waals surface area contributed by atoms with Crippen LogP contribution in [0, 0.1) is 16.0 Å². The Morgan fingerprint density at radius 1 is 1.10 bits per heavy atom. The van der Waals surface area contributed by atoms with Crippen LogP contribution in [0.15, 0.2) is 40.5 Å². The highest BCUT2D eigenvalue weighted by molar-refractivity contribution is 6.07. The molecule has 156 valence electrons. The molecule has 2 rings (SSSR count). The Kier molecular flexibility index (Phi) is 7.18. The first-order valence-electron chi connectivity index (χ1n) is 8.56. The van der Waals surface area contributed by atoms with Gasteiger partial charge in [0, 0.05) is 37.5 Å². The van der Waals surface area contributed by atoms with Crippen molar-refractivity contribution in [3.8, 4) is 0 Å². The molecule has 0 bridgehead atoms. The van der Waals surface area contributed by atoms with Gasteiger partial charge in [-0.15, -0.1) is 0 Å². The van der Waals surface area contributed by atoms with E-state index in [9.17, 15) is 19.7 Å². The molecule has 0 aliphatic carbocycles. The summed E-state index contributed by atoms with van der Waals surface area (Å²) < 4.78 is 20.3. The first-order valence-corrected chi connectivity index (χ1v) is 8.56. The summed E-state index contributed by atoms with van der Waals surface area (Å²) in [7, 11) is 5.06. The maximum absolute atomic E-state index is 12.8. The van der Waals surface area contributed by atoms with E-state index in [1.807, 2.05) is 0 Å². The average Bonchev–Trinajstić information content (AvgIpc) is 2.73. The zero-order valence-corrected chi connectivity index (χ0v) is 16.7. The number of esters is 2. The van der Waals surface area contributed by atoms with Crippen LogP contribution in [-0.2, 0) is 28.5 Å². The third-order valence-electron chi connectivity index (χ3n) is 4.65. The highest BCUT2D eigenvalue weighted by Gasteiger charge is 2.46. The van der Waals surface area contributed by atoms with Crippen molar-refractivity contribution in [2.45, 2.75) is 19.1 Å². The number of carbonyl (C=O) groups excluding carboxylic acids is 2. The number of nitro groups is 1. The van der Waals surface area contributed by atoms with E-state index in [1.165, 1.54) is 39.5 Å². The number of nitro benzene ring substituents is 1. The number of methoxy groups -OCH3 is 4. The molecule has 1 aliphatic heterocycles. The molecule has 0 radical (unpaired) electrons. The number of carbonyl (C=O) groups is 2. The van der Waals surface area contributed by atoms with Crippen molar-refractivity contribution in [3.63, 3.8) is 0 Å². The van der Waals surface area contributed by atoms with Gasteiger partial charge in [-0.25, -0.2) is 4.79 Å². The van der Waals surface area contributed by atoms with Gasteiger partial charge in [0.15, 0.2) is 0 Å². The van der Waals surface area contributed by atoms with Gasteiger partial charge in [-0.3, -0.25) is 19.9 Å². The van der Waals surface area contributed by atoms with Gasteiger partial charge in [0.1, 0.15) is 11.6 Å². The number of rotatable bonds is 7. The summed E-state index contributed by atoms with van der Waals surface area (Å²) in [6.07, 6.45) is -1.05. The topological polar surface area (TPSA) is 127 Å². The molecule has 0 saturated heterocycles. The molecule has 10 heteroatoms. The number of hydrogen-bond donors (Lipinski definition) is 0. The summed E-state index contributed by atoms with van der Waals surface area (Å²) in [5, 5.41) is 11.6. The first kappa shape index (κ1) is 22.2. The lowest BCUT2D eigenvalue weighted by Gasteiger charge is -2.32. The van der Waals surface area contributed by atoms with Crippen LogP contribution >= 0.6 is 0 Å². The zero-order chi connectivity index (χ0) is 21.7. The fraction of sp³-hybridized carbons (Fsp3) is 0.421. The molecule has 10 nitrogen and oxygen atoms in total. The third kappa shape index (κ3) is 4.17. The van der Waals surface area contributed by atoms with Crippen LogP contribution < -0.4 is 0 Å². The van der Waals surface area contributed by atoms with Crippen molar-refractivity contribution < 1.29 is 33.5 Å². The van der Waals surface area contributed by atoms with Gasteiger partial charge in [-0.1, -0.05) is 18.2 Å². The van der Waals surface area contributed by atoms with E-state index in [0.29, 0.717) is 5.71 Å². The van der Waals surface area contributed by atoms with E-state index < -0.39 is 35.0 Å². The van der Waals surface area contributed by atoms with Gasteiger partial charge >= 0.3 is 11.9 Å². The van der Waals surface area contributed by atoms with E-state index in [1.54, 1.807) is 13.0 Å². The molecule has 0 N–H and O–H groups in total. The molecule has 2 atom stereocenters. The predicted molar refractivity (Wildman–Crippen MR) is 101 cm³/mol. The molecule has 1 aromatic carbocycles. The molecule has 2 unspecified atom stereocenters. The molecule has 0 spiro atoms. The van der Waals surface area contributed by atoms with Crippen molar-refractivity contribution in [3.05, 3.63) is 51.2 Å². The van der Waals surface area contributed by atoms with Crippen LogP contribution in [0.5, 0.6) is 0 Å². The summed E-state index contributed by atoms with van der Waals surface area (Å²) in [6, 6.07) is 5.85. The number of aliphatic imine (C=N–C) groups is 1. The van der Waals surface area contributed by atoms with Crippen LogP contribution in [0.25, 0.3) is 0 Å². The molecule has 0 saturated carbocycles. The van der Waals surface area contributed by atoms with Crippen LogP contribution in [-0.4, -0.2) is 57.3 Å². The van der Waals surface area contributed by atoms with E-state index in [2.05, 4.69) is 4.99 Å². The lowest BCUT2D eigenvalue weighted by Crippen LogP contribution is -2.38. The molecular weight excluding hydrogens is 384 g/mol. The van der Waals surface area contributed by atoms with E-state index in [4.69, 9.17) is 18.9 Å². The lowest BCUT2D eigenvalue weighted by atomic mass is 9.75. The van der Waals surface area contributed by atoms with Crippen molar-refractivity contribution >= 4 is 23.3 Å². The van der Waals surface area contributed by atoms with Crippen LogP contribution in [0.1, 0.15) is 18.4 Å². The fourth-order valence-electron chi connectivity index (χ4n) is 3.41. The van der Waals surface area contributed by atoms with Gasteiger partial charge in [-0.2, -0.15) is 0 Å². The predicted octanol–water partition coefficient (Wildman–Crippen LogP) is 1.99. The minimum Gasteiger partial charge on any atom is -0.468 e. The Morgan fingerprint density at radius 3 is 2.24 bits per heavy atom. The molecule has 0 amide bonds. The Morgan fingerprint density at radius 2 is 1.72 bits per heavy atom. The number of para-hydroxylation sites is 1. The van der Waals surface area contributed by atoms with E-state index in [0.717, 1.165) is 7.11 Å². The van der Waals surface area contributed by atoms with Gasteiger partial charge in [-0.05, 0) is 6.92 Å². The normalized spacial score (nSPS) is 19.0. The summed E-state index contributed by atoms with van der Waals surface area (Å²) in [6.45, 7) is 1.57. The lowest BCUT2D eigenvalue weighted by molar-refractivity contribution is -0.385. The van der Waals surface area contributed by atoms with E-state index >= 15 is 0 Å². The second-order valence-corrected chi connectivity index (χ2v) is 6.14. The maximum atomic E-state index is 12.8. The summed E-state index contributed by atoms with van der Waals surface area (Å²) in [5.41, 5.74) is 0.181. The Balaban J connectivity index is 2.90. The van der Waals surface area contributed by atoms with Crippen molar-refractivity contribution in [2.75, 3.05) is 28.4 Å². The molecule has 29 heavy (non-hydrogen) atoms. The van der Waals surface area contributed by atoms with Crippen molar-refractivity contribution in [1.82, 2.24) is 0 Å². The smallest absolute Gasteiger partial charge is 0.336 e. The van der Waals surface area contributed by atoms with Crippen LogP contribution in [0.2, 0.25) is 0 Å². The Hall–Kier alpha value is -3.11. The molecule has 1 aliphatic rings. The van der Waals surface area contributed by atoms with Gasteiger partial charge in [0.25, 0.3) is 5.69 Å². The quantitative estimate of drug-likeness (QED) is 0.291. The summed E-state index contributed by atoms with van der Waals surface area (Å²) >= 11 is 0. The largest absolute Gasteiger partial charge is 0.468 e. The van der Waals surface area contributed by atoms with Gasteiger partial charge in [0.05, 0.1) is 24.7 Å². The fourth-order valence-corrected chi connectivity index (χ4v) is 3.41. The SMILES string of the molecule is COC(=O)C1=C(C(OC)OC)N=C(C)C(C(=O)OC)C1c1ccccc1[N+](=O)[O-]. The summed E-state index contributed by atoms with van der Waals surface area (Å²) in [5.74, 6) is -3.67. The standard InChI is InChI=1S/C19H22N2O8/c1-10-13(17(22)26-2)14(11-8-6-7-9-12(11)21(24)25)15(18(23)27-3)16(20-10)19(28-4)29-5/h6-9,13-14,19H,1-5H3. The second-order valence-electron chi connectivity index (χ2n) is 6.14. The minimum atomic E-state index is -1.09. The Labute approximate surface area is 167 Å². The maximum Gasteiger partial charge on any atom is 0.336 e. The molecule has 0 aromatic heterocycles. The summed E-state index contributed by atoms with van der Waals surface area (Å²) in [4.78, 5) is 40.8. The number of ether oxygens (including phenoxy) is 4. The zero-order valence-electron chi connectivity index (χ0n) is 16.7. The average molecular weight is 406 g/mol. The number of nitrogens with zero attached hydrogens (tertiary/aromatic N) is 2. The van der Waals surface area contributed by atoms with Crippen LogP contribution in [0.3, 0.4) is 0 Å². The molecule has 0 fully saturated rings. The van der Waals surface area contributed by atoms with E-state index in [-0.39, 0.29) is 22.5 Å². The first-order chi connectivity index (χ1) is 13.8. The van der Waals surface area contributed by atoms with Gasteiger partial charge in [0.2, 0.25) is 6.29 Å².